The maximum atomic E-state index is 11.7. The summed E-state index contributed by atoms with van der Waals surface area (Å²) in [4.78, 5) is 4.68. The molecule has 0 spiro atoms. The van der Waals surface area contributed by atoms with Crippen molar-refractivity contribution in [1.82, 2.24) is 14.6 Å². The van der Waals surface area contributed by atoms with Crippen LogP contribution in [0.5, 0.6) is 0 Å². The first-order chi connectivity index (χ1) is 10.4. The van der Waals surface area contributed by atoms with Crippen molar-refractivity contribution in [3.8, 4) is 0 Å². The van der Waals surface area contributed by atoms with Gasteiger partial charge in [0.15, 0.2) is 5.65 Å². The Morgan fingerprint density at radius 3 is 2.64 bits per heavy atom. The Hall–Kier alpha value is -2.41. The molecule has 0 fully saturated rings. The van der Waals surface area contributed by atoms with Gasteiger partial charge in [0.05, 0.1) is 9.73 Å². The molecule has 0 aliphatic heterocycles. The largest absolute Gasteiger partial charge is 0.398 e. The zero-order valence-electron chi connectivity index (χ0n) is 12.4. The fourth-order valence-corrected chi connectivity index (χ4v) is 3.13. The Morgan fingerprint density at radius 2 is 2.00 bits per heavy atom. The summed E-state index contributed by atoms with van der Waals surface area (Å²) in [7, 11) is -2.68. The molecule has 6 nitrogen and oxygen atoms in total. The third-order valence-corrected chi connectivity index (χ3v) is 4.89. The van der Waals surface area contributed by atoms with Gasteiger partial charge in [-0.25, -0.2) is 18.5 Å². The van der Waals surface area contributed by atoms with Crippen molar-refractivity contribution in [1.29, 1.82) is 4.78 Å². The molecule has 0 saturated carbocycles. The Morgan fingerprint density at radius 1 is 1.32 bits per heavy atom. The van der Waals surface area contributed by atoms with Crippen LogP contribution in [-0.4, -0.2) is 25.1 Å². The number of nitrogen functional groups attached to an aromatic ring is 1. The number of benzene rings is 1. The Balaban J connectivity index is 1.99. The molecule has 1 unspecified atom stereocenters. The number of fused-ring (bicyclic) bond motifs is 1. The van der Waals surface area contributed by atoms with Crippen molar-refractivity contribution in [2.75, 3.05) is 12.0 Å². The minimum Gasteiger partial charge on any atom is -0.398 e. The van der Waals surface area contributed by atoms with Crippen LogP contribution in [0.15, 0.2) is 41.6 Å². The van der Waals surface area contributed by atoms with Gasteiger partial charge < -0.3 is 5.73 Å². The van der Waals surface area contributed by atoms with E-state index in [0.29, 0.717) is 17.0 Å². The van der Waals surface area contributed by atoms with E-state index in [1.807, 2.05) is 25.1 Å². The SMILES string of the molecule is Cc1c(Cc2ccc(S(C)(=N)=O)cc2)c(N)cc2ncnn12. The quantitative estimate of drug-likeness (QED) is 0.774. The van der Waals surface area contributed by atoms with E-state index in [2.05, 4.69) is 10.1 Å². The van der Waals surface area contributed by atoms with Gasteiger partial charge in [-0.15, -0.1) is 0 Å². The van der Waals surface area contributed by atoms with Gasteiger partial charge in [-0.05, 0) is 24.6 Å². The maximum absolute atomic E-state index is 11.7. The van der Waals surface area contributed by atoms with E-state index in [4.69, 9.17) is 10.5 Å². The van der Waals surface area contributed by atoms with Crippen LogP contribution in [0.25, 0.3) is 5.65 Å². The van der Waals surface area contributed by atoms with Crippen molar-refractivity contribution in [2.24, 2.45) is 0 Å². The molecule has 0 aliphatic carbocycles. The average molecular weight is 315 g/mol. The van der Waals surface area contributed by atoms with Crippen LogP contribution in [0.3, 0.4) is 0 Å². The summed E-state index contributed by atoms with van der Waals surface area (Å²) in [6.45, 7) is 1.96. The van der Waals surface area contributed by atoms with Gasteiger partial charge in [0.2, 0.25) is 0 Å². The van der Waals surface area contributed by atoms with E-state index in [-0.39, 0.29) is 0 Å². The van der Waals surface area contributed by atoms with Crippen molar-refractivity contribution >= 4 is 21.1 Å². The van der Waals surface area contributed by atoms with E-state index in [0.717, 1.165) is 22.5 Å². The highest BCUT2D eigenvalue weighted by Gasteiger charge is 2.11. The minimum absolute atomic E-state index is 0.535. The Labute approximate surface area is 129 Å². The normalized spacial score (nSPS) is 14.1. The first kappa shape index (κ1) is 14.5. The number of aryl methyl sites for hydroxylation is 1. The summed E-state index contributed by atoms with van der Waals surface area (Å²) in [5.41, 5.74) is 10.5. The molecule has 1 atom stereocenters. The molecule has 22 heavy (non-hydrogen) atoms. The number of aromatic nitrogens is 3. The van der Waals surface area contributed by atoms with Gasteiger partial charge in [-0.3, -0.25) is 0 Å². The molecular formula is C15H17N5OS. The predicted octanol–water partition coefficient (Wildman–Crippen LogP) is 2.25. The topological polar surface area (TPSA) is 97.1 Å². The summed E-state index contributed by atoms with van der Waals surface area (Å²) in [5.74, 6) is 0. The van der Waals surface area contributed by atoms with Crippen LogP contribution in [-0.2, 0) is 16.1 Å². The van der Waals surface area contributed by atoms with E-state index >= 15 is 0 Å². The van der Waals surface area contributed by atoms with Crippen molar-refractivity contribution in [2.45, 2.75) is 18.2 Å². The highest BCUT2D eigenvalue weighted by atomic mass is 32.2. The standard InChI is InChI=1S/C15H17N5OS/c1-10-13(14(16)8-15-18-9-19-20(10)15)7-11-3-5-12(6-4-11)22(2,17)21/h3-6,8-9,17H,7,16H2,1-2H3. The Bertz CT molecular complexity index is 942. The summed E-state index contributed by atoms with van der Waals surface area (Å²) in [5, 5.41) is 4.20. The summed E-state index contributed by atoms with van der Waals surface area (Å²) in [6, 6.07) is 9.07. The second-order valence-corrected chi connectivity index (χ2v) is 7.52. The Kier molecular flexibility index (Phi) is 3.37. The summed E-state index contributed by atoms with van der Waals surface area (Å²) >= 11 is 0. The predicted molar refractivity (Wildman–Crippen MR) is 86.4 cm³/mol. The highest BCUT2D eigenvalue weighted by molar-refractivity contribution is 7.91. The molecular weight excluding hydrogens is 298 g/mol. The fraction of sp³-hybridized carbons (Fsp3) is 0.200. The summed E-state index contributed by atoms with van der Waals surface area (Å²) < 4.78 is 21.1. The monoisotopic (exact) mass is 315 g/mol. The molecule has 2 aromatic heterocycles. The molecule has 7 heteroatoms. The molecule has 1 aromatic carbocycles. The van der Waals surface area contributed by atoms with E-state index in [1.54, 1.807) is 16.6 Å². The van der Waals surface area contributed by atoms with Crippen LogP contribution in [0.4, 0.5) is 5.69 Å². The smallest absolute Gasteiger partial charge is 0.157 e. The lowest BCUT2D eigenvalue weighted by Crippen LogP contribution is -2.05. The zero-order valence-corrected chi connectivity index (χ0v) is 13.2. The number of nitrogens with one attached hydrogen (secondary N) is 1. The molecule has 3 rings (SSSR count). The van der Waals surface area contributed by atoms with Crippen LogP contribution in [0.1, 0.15) is 16.8 Å². The van der Waals surface area contributed by atoms with Crippen LogP contribution < -0.4 is 5.73 Å². The van der Waals surface area contributed by atoms with E-state index in [1.165, 1.54) is 12.6 Å². The van der Waals surface area contributed by atoms with Crippen molar-refractivity contribution in [3.05, 3.63) is 53.5 Å². The van der Waals surface area contributed by atoms with E-state index < -0.39 is 9.73 Å². The summed E-state index contributed by atoms with van der Waals surface area (Å²) in [6.07, 6.45) is 3.58. The number of pyridine rings is 1. The molecule has 0 radical (unpaired) electrons. The van der Waals surface area contributed by atoms with Gasteiger partial charge in [0.1, 0.15) is 6.33 Å². The second kappa shape index (κ2) is 5.10. The lowest BCUT2D eigenvalue weighted by molar-refractivity contribution is 0.679. The minimum atomic E-state index is -2.68. The van der Waals surface area contributed by atoms with Crippen LogP contribution >= 0.6 is 0 Å². The maximum Gasteiger partial charge on any atom is 0.157 e. The molecule has 0 amide bonds. The third kappa shape index (κ3) is 2.55. The molecule has 2 heterocycles. The van der Waals surface area contributed by atoms with Crippen LogP contribution in [0, 0.1) is 11.7 Å². The molecule has 0 saturated heterocycles. The lowest BCUT2D eigenvalue weighted by Gasteiger charge is -2.11. The van der Waals surface area contributed by atoms with Crippen LogP contribution in [0.2, 0.25) is 0 Å². The first-order valence-corrected chi connectivity index (χ1v) is 8.73. The van der Waals surface area contributed by atoms with Gasteiger partial charge in [0, 0.05) is 40.6 Å². The number of nitrogens with two attached hydrogens (primary N) is 1. The second-order valence-electron chi connectivity index (χ2n) is 5.36. The molecule has 0 aliphatic rings. The molecule has 0 bridgehead atoms. The van der Waals surface area contributed by atoms with Gasteiger partial charge in [-0.2, -0.15) is 5.10 Å². The zero-order chi connectivity index (χ0) is 15.9. The number of hydrogen-bond acceptors (Lipinski definition) is 5. The lowest BCUT2D eigenvalue weighted by atomic mass is 10.0. The van der Waals surface area contributed by atoms with Gasteiger partial charge >= 0.3 is 0 Å². The number of anilines is 1. The molecule has 3 N–H and O–H groups in total. The van der Waals surface area contributed by atoms with Crippen molar-refractivity contribution in [3.63, 3.8) is 0 Å². The van der Waals surface area contributed by atoms with Gasteiger partial charge in [-0.1, -0.05) is 12.1 Å². The average Bonchev–Trinajstić information content (AvgIpc) is 2.91. The highest BCUT2D eigenvalue weighted by Crippen LogP contribution is 2.23. The molecule has 3 aromatic rings. The number of nitrogens with zero attached hydrogens (tertiary/aromatic N) is 3. The van der Waals surface area contributed by atoms with Crippen molar-refractivity contribution < 1.29 is 4.21 Å². The van der Waals surface area contributed by atoms with E-state index in [9.17, 15) is 4.21 Å². The van der Waals surface area contributed by atoms with Gasteiger partial charge in [0.25, 0.3) is 0 Å². The number of rotatable bonds is 3. The molecule has 114 valence electrons. The third-order valence-electron chi connectivity index (χ3n) is 3.72. The first-order valence-electron chi connectivity index (χ1n) is 6.76. The number of hydrogen-bond donors (Lipinski definition) is 2. The fourth-order valence-electron chi connectivity index (χ4n) is 2.47.